The van der Waals surface area contributed by atoms with Gasteiger partial charge in [0.25, 0.3) is 0 Å². The molecule has 1 fully saturated rings. The Hall–Kier alpha value is -4.32. The number of carbonyl (C=O) groups excluding carboxylic acids is 1. The van der Waals surface area contributed by atoms with Crippen molar-refractivity contribution < 1.29 is 18.7 Å². The van der Waals surface area contributed by atoms with Crippen LogP contribution in [0.4, 0.5) is 15.0 Å². The molecule has 46 heavy (non-hydrogen) atoms. The molecular formula is C33H39ClFN7O4. The van der Waals surface area contributed by atoms with E-state index in [2.05, 4.69) is 15.0 Å². The molecule has 244 valence electrons. The van der Waals surface area contributed by atoms with Gasteiger partial charge in [-0.05, 0) is 57.7 Å². The van der Waals surface area contributed by atoms with Crippen molar-refractivity contribution in [3.8, 4) is 16.9 Å². The van der Waals surface area contributed by atoms with E-state index < -0.39 is 23.2 Å². The Morgan fingerprint density at radius 3 is 2.30 bits per heavy atom. The lowest BCUT2D eigenvalue weighted by atomic mass is 10.0. The fraction of sp³-hybridized carbons (Fsp3) is 0.455. The zero-order chi connectivity index (χ0) is 33.7. The molecule has 4 heterocycles. The van der Waals surface area contributed by atoms with Crippen LogP contribution in [0.5, 0.6) is 0 Å². The predicted octanol–water partition coefficient (Wildman–Crippen LogP) is 5.96. The number of carbonyl (C=O) groups is 1. The fourth-order valence-corrected chi connectivity index (χ4v) is 6.08. The molecular weight excluding hydrogens is 613 g/mol. The van der Waals surface area contributed by atoms with E-state index >= 15 is 4.39 Å². The summed E-state index contributed by atoms with van der Waals surface area (Å²) < 4.78 is 22.5. The van der Waals surface area contributed by atoms with Crippen LogP contribution in [0.2, 0.25) is 5.02 Å². The monoisotopic (exact) mass is 651 g/mol. The van der Waals surface area contributed by atoms with Crippen molar-refractivity contribution in [2.45, 2.75) is 78.9 Å². The molecule has 1 atom stereocenters. The quantitative estimate of drug-likeness (QED) is 0.191. The minimum atomic E-state index is -0.728. The third kappa shape index (κ3) is 6.10. The predicted molar refractivity (Wildman–Crippen MR) is 175 cm³/mol. The van der Waals surface area contributed by atoms with Crippen LogP contribution in [0.15, 0.2) is 41.5 Å². The Morgan fingerprint density at radius 2 is 1.74 bits per heavy atom. The molecule has 0 N–H and O–H groups in total. The van der Waals surface area contributed by atoms with Gasteiger partial charge in [-0.15, -0.1) is 4.57 Å². The van der Waals surface area contributed by atoms with Gasteiger partial charge in [0.2, 0.25) is 0 Å². The Bertz CT molecular complexity index is 1850. The van der Waals surface area contributed by atoms with Gasteiger partial charge in [-0.3, -0.25) is 0 Å². The zero-order valence-electron chi connectivity index (χ0n) is 27.3. The first-order valence-electron chi connectivity index (χ1n) is 15.3. The first-order valence-corrected chi connectivity index (χ1v) is 15.7. The summed E-state index contributed by atoms with van der Waals surface area (Å²) in [5.74, 6) is -0.696. The highest BCUT2D eigenvalue weighted by molar-refractivity contribution is 6.33. The van der Waals surface area contributed by atoms with Gasteiger partial charge in [-0.1, -0.05) is 51.4 Å². The van der Waals surface area contributed by atoms with Crippen LogP contribution in [-0.4, -0.2) is 61.8 Å². The largest absolute Gasteiger partial charge is 0.710 e. The number of nitrogens with zero attached hydrogens (tertiary/aromatic N) is 7. The number of hydrogen-bond donors (Lipinski definition) is 0. The van der Waals surface area contributed by atoms with Gasteiger partial charge >= 0.3 is 17.4 Å². The smallest absolute Gasteiger partial charge is 0.442 e. The molecule has 0 bridgehead atoms. The van der Waals surface area contributed by atoms with Crippen LogP contribution in [0.25, 0.3) is 28.0 Å². The molecule has 0 saturated carbocycles. The summed E-state index contributed by atoms with van der Waals surface area (Å²) in [5.41, 5.74) is -0.160. The van der Waals surface area contributed by atoms with Crippen LogP contribution in [0.3, 0.4) is 0 Å². The molecule has 1 aliphatic heterocycles. The molecule has 11 nitrogen and oxygen atoms in total. The van der Waals surface area contributed by atoms with Crippen molar-refractivity contribution in [2.24, 2.45) is 0 Å². The van der Waals surface area contributed by atoms with Crippen molar-refractivity contribution in [1.29, 1.82) is 0 Å². The van der Waals surface area contributed by atoms with Gasteiger partial charge in [-0.25, -0.2) is 28.7 Å². The maximum Gasteiger partial charge on any atom is 0.442 e. The highest BCUT2D eigenvalue weighted by Gasteiger charge is 2.36. The number of rotatable bonds is 5. The molecule has 5 rings (SSSR count). The van der Waals surface area contributed by atoms with E-state index in [4.69, 9.17) is 16.3 Å². The Morgan fingerprint density at radius 1 is 1.11 bits per heavy atom. The van der Waals surface area contributed by atoms with E-state index in [1.165, 1.54) is 29.1 Å². The summed E-state index contributed by atoms with van der Waals surface area (Å²) >= 11 is 6.77. The second-order valence-electron chi connectivity index (χ2n) is 13.2. The van der Waals surface area contributed by atoms with E-state index in [1.807, 2.05) is 39.5 Å². The number of benzene rings is 1. The van der Waals surface area contributed by atoms with Gasteiger partial charge in [-0.2, -0.15) is 4.98 Å². The molecule has 1 aliphatic rings. The standard InChI is InChI=1S/C33H39ClFN7O4/c1-18(2)25-28(26(19(3)4)37-17-36-25)41-30-22(15-23(34)27(42(30)45)21-11-9-10-12-24(21)35)29(38-31(41)43)40-14-13-39(16-20(40)5)32(44)46-33(6,7)8/h9-12,15,17-20H,13-14,16H2,1-8H3/t20-/m0/s1. The van der Waals surface area contributed by atoms with Crippen molar-refractivity contribution in [2.75, 3.05) is 24.5 Å². The maximum atomic E-state index is 15.1. The average Bonchev–Trinajstić information content (AvgIpc) is 2.97. The third-order valence-electron chi connectivity index (χ3n) is 7.86. The van der Waals surface area contributed by atoms with Crippen LogP contribution < -0.4 is 15.3 Å². The van der Waals surface area contributed by atoms with Crippen molar-refractivity contribution >= 4 is 34.5 Å². The van der Waals surface area contributed by atoms with Gasteiger partial charge < -0.3 is 19.7 Å². The number of ether oxygens (including phenoxy) is 1. The summed E-state index contributed by atoms with van der Waals surface area (Å²) in [6.45, 7) is 15.9. The van der Waals surface area contributed by atoms with Gasteiger partial charge in [0.05, 0.1) is 22.0 Å². The van der Waals surface area contributed by atoms with Crippen LogP contribution >= 0.6 is 11.6 Å². The molecule has 0 spiro atoms. The summed E-state index contributed by atoms with van der Waals surface area (Å²) in [6.07, 6.45) is 1.01. The molecule has 13 heteroatoms. The minimum absolute atomic E-state index is 0.0152. The molecule has 3 aromatic heterocycles. The summed E-state index contributed by atoms with van der Waals surface area (Å²) in [5, 5.41) is 14.8. The number of anilines is 1. The molecule has 0 radical (unpaired) electrons. The van der Waals surface area contributed by atoms with Gasteiger partial charge in [0.1, 0.15) is 23.1 Å². The Balaban J connectivity index is 1.80. The number of piperazine rings is 1. The minimum Gasteiger partial charge on any atom is -0.710 e. The first kappa shape index (κ1) is 33.1. The normalized spacial score (nSPS) is 15.7. The lowest BCUT2D eigenvalue weighted by Crippen LogP contribution is -2.55. The molecule has 0 unspecified atom stereocenters. The fourth-order valence-electron chi connectivity index (χ4n) is 5.80. The second-order valence-corrected chi connectivity index (χ2v) is 13.6. The molecule has 1 saturated heterocycles. The average molecular weight is 652 g/mol. The molecule has 4 aromatic rings. The topological polar surface area (TPSA) is 120 Å². The van der Waals surface area contributed by atoms with Crippen molar-refractivity contribution in [3.63, 3.8) is 0 Å². The highest BCUT2D eigenvalue weighted by atomic mass is 35.5. The Labute approximate surface area is 272 Å². The lowest BCUT2D eigenvalue weighted by molar-refractivity contribution is -0.568. The number of amides is 1. The van der Waals surface area contributed by atoms with Gasteiger partial charge in [0, 0.05) is 25.7 Å². The summed E-state index contributed by atoms with van der Waals surface area (Å²) in [4.78, 5) is 44.1. The van der Waals surface area contributed by atoms with E-state index in [1.54, 1.807) is 37.8 Å². The van der Waals surface area contributed by atoms with Gasteiger partial charge in [0.15, 0.2) is 17.2 Å². The molecule has 1 amide bonds. The molecule has 1 aromatic carbocycles. The van der Waals surface area contributed by atoms with Crippen molar-refractivity contribution in [3.05, 3.63) is 74.6 Å². The number of pyridine rings is 1. The number of fused-ring (bicyclic) bond motifs is 1. The summed E-state index contributed by atoms with van der Waals surface area (Å²) in [7, 11) is 0. The number of hydrogen-bond acceptors (Lipinski definition) is 8. The molecule has 0 aliphatic carbocycles. The third-order valence-corrected chi connectivity index (χ3v) is 8.14. The number of halogens is 2. The van der Waals surface area contributed by atoms with E-state index in [9.17, 15) is 14.8 Å². The van der Waals surface area contributed by atoms with Crippen LogP contribution in [0, 0.1) is 11.0 Å². The van der Waals surface area contributed by atoms with E-state index in [-0.39, 0.29) is 51.0 Å². The lowest BCUT2D eigenvalue weighted by Gasteiger charge is -2.40. The highest BCUT2D eigenvalue weighted by Crippen LogP contribution is 2.36. The SMILES string of the molecule is CC(C)c1ncnc(C(C)C)c1-n1c(=O)nc(N2CCN(C(=O)OC(C)(C)C)C[C@@H]2C)c2cc(Cl)c(-c3ccccc3F)[n+]([O-])c21. The van der Waals surface area contributed by atoms with E-state index in [0.29, 0.717) is 41.4 Å². The van der Waals surface area contributed by atoms with Crippen molar-refractivity contribution in [1.82, 2.24) is 24.4 Å². The van der Waals surface area contributed by atoms with Crippen LogP contribution in [0.1, 0.15) is 78.6 Å². The first-order chi connectivity index (χ1) is 21.6. The van der Waals surface area contributed by atoms with Crippen LogP contribution in [-0.2, 0) is 4.74 Å². The number of aromatic nitrogens is 5. The Kier molecular flexibility index (Phi) is 8.96. The zero-order valence-corrected chi connectivity index (χ0v) is 28.1. The van der Waals surface area contributed by atoms with E-state index in [0.717, 1.165) is 0 Å². The second kappa shape index (κ2) is 12.5. The maximum absolute atomic E-state index is 15.1. The summed E-state index contributed by atoms with van der Waals surface area (Å²) in [6, 6.07) is 7.07.